The highest BCUT2D eigenvalue weighted by molar-refractivity contribution is 6.30. The molecule has 0 spiro atoms. The number of aryl methyl sites for hydroxylation is 1. The zero-order valence-corrected chi connectivity index (χ0v) is 14.5. The van der Waals surface area contributed by atoms with Gasteiger partial charge in [-0.3, -0.25) is 4.79 Å². The van der Waals surface area contributed by atoms with Gasteiger partial charge in [0, 0.05) is 36.3 Å². The molecule has 24 heavy (non-hydrogen) atoms. The Bertz CT molecular complexity index is 674. The fourth-order valence-electron chi connectivity index (χ4n) is 3.22. The standard InChI is InChI=1S/C20H23ClN2O/c21-17-7-4-6-16(14-17)11-12-20(24)22-18-8-5-13-23(15-18)19-9-2-1-3-10-19/h1-4,6-7,9-10,14,18H,5,8,11-13,15H2,(H,22,24). The molecule has 0 radical (unpaired) electrons. The topological polar surface area (TPSA) is 32.3 Å². The van der Waals surface area contributed by atoms with Crippen LogP contribution in [0.2, 0.25) is 5.02 Å². The Hall–Kier alpha value is -2.00. The van der Waals surface area contributed by atoms with Gasteiger partial charge in [0.2, 0.25) is 5.91 Å². The van der Waals surface area contributed by atoms with Crippen molar-refractivity contribution in [2.75, 3.05) is 18.0 Å². The van der Waals surface area contributed by atoms with Gasteiger partial charge in [-0.2, -0.15) is 0 Å². The molecule has 0 saturated carbocycles. The molecule has 126 valence electrons. The van der Waals surface area contributed by atoms with E-state index < -0.39 is 0 Å². The number of benzene rings is 2. The minimum absolute atomic E-state index is 0.120. The van der Waals surface area contributed by atoms with Crippen molar-refractivity contribution in [2.45, 2.75) is 31.7 Å². The van der Waals surface area contributed by atoms with E-state index in [4.69, 9.17) is 11.6 Å². The molecule has 1 atom stereocenters. The van der Waals surface area contributed by atoms with Crippen LogP contribution in [-0.2, 0) is 11.2 Å². The highest BCUT2D eigenvalue weighted by Crippen LogP contribution is 2.19. The maximum Gasteiger partial charge on any atom is 0.220 e. The van der Waals surface area contributed by atoms with Crippen molar-refractivity contribution in [3.8, 4) is 0 Å². The zero-order chi connectivity index (χ0) is 16.8. The van der Waals surface area contributed by atoms with Crippen LogP contribution >= 0.6 is 11.6 Å². The van der Waals surface area contributed by atoms with Crippen LogP contribution in [0.15, 0.2) is 54.6 Å². The van der Waals surface area contributed by atoms with Gasteiger partial charge in [0.05, 0.1) is 0 Å². The summed E-state index contributed by atoms with van der Waals surface area (Å²) in [6.45, 7) is 1.94. The number of nitrogens with zero attached hydrogens (tertiary/aromatic N) is 1. The molecule has 1 heterocycles. The van der Waals surface area contributed by atoms with Gasteiger partial charge in [-0.25, -0.2) is 0 Å². The Morgan fingerprint density at radius 2 is 2.00 bits per heavy atom. The van der Waals surface area contributed by atoms with E-state index in [1.54, 1.807) is 0 Å². The van der Waals surface area contributed by atoms with Crippen LogP contribution in [0.25, 0.3) is 0 Å². The predicted octanol–water partition coefficient (Wildman–Crippen LogP) is 4.06. The van der Waals surface area contributed by atoms with Crippen molar-refractivity contribution in [2.24, 2.45) is 0 Å². The minimum Gasteiger partial charge on any atom is -0.369 e. The van der Waals surface area contributed by atoms with Crippen molar-refractivity contribution >= 4 is 23.2 Å². The van der Waals surface area contributed by atoms with Crippen molar-refractivity contribution < 1.29 is 4.79 Å². The van der Waals surface area contributed by atoms with E-state index in [-0.39, 0.29) is 11.9 Å². The van der Waals surface area contributed by atoms with Crippen LogP contribution in [0.3, 0.4) is 0 Å². The molecule has 0 aliphatic carbocycles. The van der Waals surface area contributed by atoms with Crippen molar-refractivity contribution in [1.29, 1.82) is 0 Å². The minimum atomic E-state index is 0.120. The second-order valence-electron chi connectivity index (χ2n) is 6.32. The van der Waals surface area contributed by atoms with E-state index in [1.165, 1.54) is 5.69 Å². The number of halogens is 1. The van der Waals surface area contributed by atoms with Crippen molar-refractivity contribution in [1.82, 2.24) is 5.32 Å². The Labute approximate surface area is 148 Å². The van der Waals surface area contributed by atoms with Gasteiger partial charge >= 0.3 is 0 Å². The normalized spacial score (nSPS) is 17.5. The molecule has 1 fully saturated rings. The lowest BCUT2D eigenvalue weighted by molar-refractivity contribution is -0.121. The Kier molecular flexibility index (Phi) is 5.76. The molecule has 1 N–H and O–H groups in total. The lowest BCUT2D eigenvalue weighted by atomic mass is 10.0. The van der Waals surface area contributed by atoms with Crippen LogP contribution < -0.4 is 10.2 Å². The van der Waals surface area contributed by atoms with Gasteiger partial charge in [-0.05, 0) is 49.1 Å². The summed E-state index contributed by atoms with van der Waals surface area (Å²) in [5.41, 5.74) is 2.34. The molecule has 2 aromatic rings. The summed E-state index contributed by atoms with van der Waals surface area (Å²) in [6, 6.07) is 18.3. The lowest BCUT2D eigenvalue weighted by Gasteiger charge is -2.34. The number of rotatable bonds is 5. The summed E-state index contributed by atoms with van der Waals surface area (Å²) in [5.74, 6) is 0.120. The molecule has 2 aromatic carbocycles. The largest absolute Gasteiger partial charge is 0.369 e. The third-order valence-corrected chi connectivity index (χ3v) is 4.67. The molecular formula is C20H23ClN2O. The van der Waals surface area contributed by atoms with Crippen LogP contribution in [-0.4, -0.2) is 25.0 Å². The molecule has 1 unspecified atom stereocenters. The van der Waals surface area contributed by atoms with Gasteiger partial charge in [0.1, 0.15) is 0 Å². The van der Waals surface area contributed by atoms with E-state index >= 15 is 0 Å². The molecule has 0 aromatic heterocycles. The number of carbonyl (C=O) groups excluding carboxylic acids is 1. The Morgan fingerprint density at radius 1 is 1.17 bits per heavy atom. The SMILES string of the molecule is O=C(CCc1cccc(Cl)c1)NC1CCCN(c2ccccc2)C1. The molecule has 3 rings (SSSR count). The van der Waals surface area contributed by atoms with Gasteiger partial charge in [-0.1, -0.05) is 41.9 Å². The molecule has 1 saturated heterocycles. The van der Waals surface area contributed by atoms with Gasteiger partial charge < -0.3 is 10.2 Å². The summed E-state index contributed by atoms with van der Waals surface area (Å²) in [5, 5.41) is 3.91. The van der Waals surface area contributed by atoms with E-state index in [9.17, 15) is 4.79 Å². The van der Waals surface area contributed by atoms with Crippen LogP contribution in [0, 0.1) is 0 Å². The summed E-state index contributed by atoms with van der Waals surface area (Å²) in [7, 11) is 0. The van der Waals surface area contributed by atoms with Crippen LogP contribution in [0.4, 0.5) is 5.69 Å². The lowest BCUT2D eigenvalue weighted by Crippen LogP contribution is -2.47. The van der Waals surface area contributed by atoms with E-state index in [0.717, 1.165) is 42.9 Å². The first-order chi connectivity index (χ1) is 11.7. The van der Waals surface area contributed by atoms with Gasteiger partial charge in [-0.15, -0.1) is 0 Å². The summed E-state index contributed by atoms with van der Waals surface area (Å²) in [6.07, 6.45) is 3.38. The average molecular weight is 343 g/mol. The number of amides is 1. The fraction of sp³-hybridized carbons (Fsp3) is 0.350. The monoisotopic (exact) mass is 342 g/mol. The Balaban J connectivity index is 1.49. The number of para-hydroxylation sites is 1. The van der Waals surface area contributed by atoms with Crippen LogP contribution in [0.1, 0.15) is 24.8 Å². The quantitative estimate of drug-likeness (QED) is 0.888. The van der Waals surface area contributed by atoms with Gasteiger partial charge in [0.25, 0.3) is 0 Å². The summed E-state index contributed by atoms with van der Waals surface area (Å²) >= 11 is 5.98. The number of hydrogen-bond acceptors (Lipinski definition) is 2. The highest BCUT2D eigenvalue weighted by Gasteiger charge is 2.21. The smallest absolute Gasteiger partial charge is 0.220 e. The predicted molar refractivity (Wildman–Crippen MR) is 99.6 cm³/mol. The van der Waals surface area contributed by atoms with Crippen molar-refractivity contribution in [3.05, 3.63) is 65.2 Å². The third-order valence-electron chi connectivity index (χ3n) is 4.44. The van der Waals surface area contributed by atoms with E-state index in [2.05, 4.69) is 34.5 Å². The second-order valence-corrected chi connectivity index (χ2v) is 6.75. The second kappa shape index (κ2) is 8.20. The molecule has 3 nitrogen and oxygen atoms in total. The number of carbonyl (C=O) groups is 1. The molecule has 4 heteroatoms. The highest BCUT2D eigenvalue weighted by atomic mass is 35.5. The fourth-order valence-corrected chi connectivity index (χ4v) is 3.43. The van der Waals surface area contributed by atoms with E-state index in [0.29, 0.717) is 6.42 Å². The molecule has 1 aliphatic rings. The van der Waals surface area contributed by atoms with Crippen molar-refractivity contribution in [3.63, 3.8) is 0 Å². The maximum absolute atomic E-state index is 12.3. The number of piperidine rings is 1. The summed E-state index contributed by atoms with van der Waals surface area (Å²) < 4.78 is 0. The third kappa shape index (κ3) is 4.75. The molecule has 0 bridgehead atoms. The van der Waals surface area contributed by atoms with Gasteiger partial charge in [0.15, 0.2) is 0 Å². The summed E-state index contributed by atoms with van der Waals surface area (Å²) in [4.78, 5) is 14.6. The average Bonchev–Trinajstić information content (AvgIpc) is 2.61. The molecule has 1 amide bonds. The Morgan fingerprint density at radius 3 is 2.79 bits per heavy atom. The number of anilines is 1. The zero-order valence-electron chi connectivity index (χ0n) is 13.7. The first kappa shape index (κ1) is 16.8. The first-order valence-electron chi connectivity index (χ1n) is 8.54. The van der Waals surface area contributed by atoms with E-state index in [1.807, 2.05) is 30.3 Å². The van der Waals surface area contributed by atoms with Crippen LogP contribution in [0.5, 0.6) is 0 Å². The number of hydrogen-bond donors (Lipinski definition) is 1. The number of nitrogens with one attached hydrogen (secondary N) is 1. The maximum atomic E-state index is 12.3. The molecular weight excluding hydrogens is 320 g/mol. The first-order valence-corrected chi connectivity index (χ1v) is 8.92. The molecule has 1 aliphatic heterocycles.